The van der Waals surface area contributed by atoms with Crippen LogP contribution in [0.25, 0.3) is 11.6 Å². The van der Waals surface area contributed by atoms with Gasteiger partial charge in [0.1, 0.15) is 11.5 Å². The van der Waals surface area contributed by atoms with E-state index in [2.05, 4.69) is 34.1 Å². The molecule has 0 amide bonds. The Morgan fingerprint density at radius 3 is 2.97 bits per heavy atom. The monoisotopic (exact) mass is 444 g/mol. The van der Waals surface area contributed by atoms with E-state index in [1.807, 2.05) is 54.0 Å². The molecule has 1 saturated heterocycles. The second-order valence-corrected chi connectivity index (χ2v) is 8.15. The zero-order valence-corrected chi connectivity index (χ0v) is 19.1. The van der Waals surface area contributed by atoms with Crippen LogP contribution in [0, 0.1) is 0 Å². The summed E-state index contributed by atoms with van der Waals surface area (Å²) in [6, 6.07) is 7.94. The molecule has 1 N–H and O–H groups in total. The Hall–Kier alpha value is -3.44. The molecule has 0 radical (unpaired) electrons. The Morgan fingerprint density at radius 1 is 1.36 bits per heavy atom. The summed E-state index contributed by atoms with van der Waals surface area (Å²) in [6.07, 6.45) is 9.29. The van der Waals surface area contributed by atoms with Crippen molar-refractivity contribution in [1.82, 2.24) is 19.8 Å². The van der Waals surface area contributed by atoms with E-state index < -0.39 is 0 Å². The highest BCUT2D eigenvalue weighted by molar-refractivity contribution is 6.07. The lowest BCUT2D eigenvalue weighted by molar-refractivity contribution is 0.0590. The second kappa shape index (κ2) is 10.5. The van der Waals surface area contributed by atoms with Crippen molar-refractivity contribution < 1.29 is 11.0 Å². The minimum absolute atomic E-state index is 0. The summed E-state index contributed by atoms with van der Waals surface area (Å²) in [6.45, 7) is 14.1. The van der Waals surface area contributed by atoms with E-state index >= 15 is 0 Å². The number of rotatable bonds is 7. The first kappa shape index (κ1) is 22.7. The maximum atomic E-state index is 13.1. The maximum absolute atomic E-state index is 13.1. The number of aromatic nitrogens is 2. The molecule has 172 valence electrons. The number of ketones is 1. The van der Waals surface area contributed by atoms with E-state index in [1.54, 1.807) is 12.3 Å². The highest BCUT2D eigenvalue weighted by Gasteiger charge is 2.23. The Kier molecular flexibility index (Phi) is 7.20. The average molecular weight is 445 g/mol. The summed E-state index contributed by atoms with van der Waals surface area (Å²) in [7, 11) is 0. The number of nitrogens with zero attached hydrogens (tertiary/aromatic N) is 3. The number of hydrogen-bond acceptors (Lipinski definition) is 5. The number of carbonyl (C=O) groups excluding carboxylic acids is 1. The molecule has 1 aromatic carbocycles. The van der Waals surface area contributed by atoms with E-state index in [0.29, 0.717) is 25.4 Å². The third-order valence-corrected chi connectivity index (χ3v) is 6.02. The molecule has 1 atom stereocenters. The quantitative estimate of drug-likeness (QED) is 0.302. The number of hydrogen-bond donors (Lipinski definition) is 1. The number of imidazole rings is 1. The summed E-state index contributed by atoms with van der Waals surface area (Å²) in [5, 5.41) is 3.32. The smallest absolute Gasteiger partial charge is 0.204 e. The van der Waals surface area contributed by atoms with Gasteiger partial charge in [-0.15, -0.1) is 5.73 Å². The summed E-state index contributed by atoms with van der Waals surface area (Å²) in [4.78, 5) is 19.8. The molecular weight excluding hydrogens is 412 g/mol. The van der Waals surface area contributed by atoms with E-state index in [-0.39, 0.29) is 13.3 Å². The zero-order valence-electron chi connectivity index (χ0n) is 19.1. The molecule has 1 fully saturated rings. The summed E-state index contributed by atoms with van der Waals surface area (Å²) >= 11 is 0. The molecule has 1 aromatic heterocycles. The van der Waals surface area contributed by atoms with E-state index in [4.69, 9.17) is 4.74 Å². The van der Waals surface area contributed by atoms with Crippen molar-refractivity contribution in [2.24, 2.45) is 0 Å². The van der Waals surface area contributed by atoms with Crippen molar-refractivity contribution in [1.29, 1.82) is 0 Å². The van der Waals surface area contributed by atoms with Gasteiger partial charge in [0.05, 0.1) is 31.1 Å². The van der Waals surface area contributed by atoms with Crippen LogP contribution in [0.1, 0.15) is 35.8 Å². The Balaban J connectivity index is 0.00000324. The number of allylic oxidation sites excluding steroid dienone is 3. The Labute approximate surface area is 196 Å². The summed E-state index contributed by atoms with van der Waals surface area (Å²) < 4.78 is 7.74. The molecule has 0 spiro atoms. The zero-order chi connectivity index (χ0) is 23.2. The van der Waals surface area contributed by atoms with Crippen LogP contribution < -0.4 is 5.32 Å². The first-order chi connectivity index (χ1) is 16.1. The Bertz CT molecular complexity index is 1150. The van der Waals surface area contributed by atoms with Crippen molar-refractivity contribution >= 4 is 17.4 Å². The van der Waals surface area contributed by atoms with Gasteiger partial charge in [0.15, 0.2) is 0 Å². The third-order valence-electron chi connectivity index (χ3n) is 6.02. The average Bonchev–Trinajstić information content (AvgIpc) is 3.28. The fourth-order valence-electron chi connectivity index (χ4n) is 4.23. The van der Waals surface area contributed by atoms with Crippen LogP contribution in [0.15, 0.2) is 73.3 Å². The molecular formula is C27H32N4O2. The van der Waals surface area contributed by atoms with E-state index in [9.17, 15) is 4.79 Å². The molecule has 0 aliphatic carbocycles. The molecule has 6 heteroatoms. The molecule has 3 heterocycles. The van der Waals surface area contributed by atoms with Gasteiger partial charge in [-0.2, -0.15) is 0 Å². The number of nitrogens with one attached hydrogen (secondary N) is 1. The lowest BCUT2D eigenvalue weighted by Gasteiger charge is -2.30. The van der Waals surface area contributed by atoms with Crippen molar-refractivity contribution in [3.63, 3.8) is 0 Å². The van der Waals surface area contributed by atoms with Crippen molar-refractivity contribution in [2.75, 3.05) is 26.2 Å². The number of fused-ring (bicyclic) bond motifs is 1. The van der Waals surface area contributed by atoms with Crippen LogP contribution in [0.2, 0.25) is 0 Å². The number of morpholine rings is 1. The molecule has 6 nitrogen and oxygen atoms in total. The minimum atomic E-state index is -0.0418. The molecule has 4 rings (SSSR count). The van der Waals surface area contributed by atoms with Gasteiger partial charge in [-0.05, 0) is 35.8 Å². The van der Waals surface area contributed by atoms with Gasteiger partial charge in [0.2, 0.25) is 5.78 Å². The van der Waals surface area contributed by atoms with Gasteiger partial charge in [-0.1, -0.05) is 49.6 Å². The predicted octanol–water partition coefficient (Wildman–Crippen LogP) is 4.09. The third kappa shape index (κ3) is 5.15. The molecule has 0 saturated carbocycles. The topological polar surface area (TPSA) is 59.4 Å². The lowest BCUT2D eigenvalue weighted by Crippen LogP contribution is -2.37. The molecule has 2 aromatic rings. The Morgan fingerprint density at radius 2 is 2.21 bits per heavy atom. The van der Waals surface area contributed by atoms with Gasteiger partial charge >= 0.3 is 0 Å². The largest absolute Gasteiger partial charge is 0.371 e. The van der Waals surface area contributed by atoms with Crippen molar-refractivity contribution in [3.05, 3.63) is 95.9 Å². The highest BCUT2D eigenvalue weighted by Crippen LogP contribution is 2.23. The molecule has 1 unspecified atom stereocenters. The summed E-state index contributed by atoms with van der Waals surface area (Å²) in [5.41, 5.74) is 7.48. The summed E-state index contributed by atoms with van der Waals surface area (Å²) in [5.74, 6) is 0.818. The second-order valence-electron chi connectivity index (χ2n) is 8.15. The highest BCUT2D eigenvalue weighted by atomic mass is 16.5. The molecule has 33 heavy (non-hydrogen) atoms. The van der Waals surface area contributed by atoms with Crippen LogP contribution in [0.5, 0.6) is 0 Å². The fraction of sp³-hybridized carbons (Fsp3) is 0.296. The van der Waals surface area contributed by atoms with Crippen LogP contribution in [0.3, 0.4) is 0 Å². The number of ether oxygens (including phenoxy) is 1. The first-order valence-electron chi connectivity index (χ1n) is 11.2. The fourth-order valence-corrected chi connectivity index (χ4v) is 4.23. The van der Waals surface area contributed by atoms with E-state index in [0.717, 1.165) is 47.9 Å². The minimum Gasteiger partial charge on any atom is -0.371 e. The SMILES string of the molecule is C=C=C(/C=C/C1CNCCO1)N1CCn2c(C(=O)C=C(C)c3ccccc3C=C)cnc2C1.[HH]. The van der Waals surface area contributed by atoms with Gasteiger partial charge in [0.25, 0.3) is 0 Å². The van der Waals surface area contributed by atoms with Crippen LogP contribution in [-0.4, -0.2) is 52.6 Å². The first-order valence-corrected chi connectivity index (χ1v) is 11.2. The van der Waals surface area contributed by atoms with Crippen molar-refractivity contribution in [2.45, 2.75) is 26.1 Å². The molecule has 2 aliphatic heterocycles. The lowest BCUT2D eigenvalue weighted by atomic mass is 9.99. The number of benzene rings is 1. The van der Waals surface area contributed by atoms with Crippen LogP contribution in [-0.2, 0) is 17.8 Å². The van der Waals surface area contributed by atoms with Gasteiger partial charge in [0, 0.05) is 27.6 Å². The standard InChI is InChI=1S/C27H30N4O2.H2/c1-4-21-8-6-7-9-24(21)20(3)16-26(32)25-18-29-27-19-30(13-14-31(25)27)22(5-2)10-11-23-17-28-12-15-33-23;/h4,6-11,16,18,23,28H,1-2,12-15,17,19H2,3H3;1H/b11-10+,20-16?;. The van der Waals surface area contributed by atoms with Crippen molar-refractivity contribution in [3.8, 4) is 0 Å². The van der Waals surface area contributed by atoms with E-state index in [1.165, 1.54) is 0 Å². The van der Waals surface area contributed by atoms with Crippen LogP contribution in [0.4, 0.5) is 0 Å². The van der Waals surface area contributed by atoms with Crippen LogP contribution >= 0.6 is 0 Å². The predicted molar refractivity (Wildman–Crippen MR) is 134 cm³/mol. The van der Waals surface area contributed by atoms with Gasteiger partial charge in [-0.3, -0.25) is 4.79 Å². The normalized spacial score (nSPS) is 18.6. The van der Waals surface area contributed by atoms with Gasteiger partial charge in [-0.25, -0.2) is 4.98 Å². The molecule has 2 aliphatic rings. The maximum Gasteiger partial charge on any atom is 0.204 e. The van der Waals surface area contributed by atoms with Gasteiger partial charge < -0.3 is 19.5 Å². The molecule has 0 bridgehead atoms. The number of carbonyl (C=O) groups is 1.